The van der Waals surface area contributed by atoms with Crippen LogP contribution < -0.4 is 46.7 Å². The van der Waals surface area contributed by atoms with E-state index in [2.05, 4.69) is 33.5 Å². The Morgan fingerprint density at radius 2 is 1.53 bits per heavy atom. The Morgan fingerprint density at radius 3 is 2.21 bits per heavy atom. The van der Waals surface area contributed by atoms with E-state index in [1.807, 2.05) is 76.2 Å². The van der Waals surface area contributed by atoms with Crippen LogP contribution in [0.2, 0.25) is 0 Å². The zero-order valence-corrected chi connectivity index (χ0v) is 46.1. The molecule has 8 amide bonds. The van der Waals surface area contributed by atoms with Crippen molar-refractivity contribution < 1.29 is 52.2 Å². The molecule has 1 aromatic heterocycles. The molecule has 0 bridgehead atoms. The number of amides is 8. The van der Waals surface area contributed by atoms with E-state index in [9.17, 15) is 33.6 Å². The minimum absolute atomic E-state index is 0.0259. The van der Waals surface area contributed by atoms with Crippen molar-refractivity contribution >= 4 is 75.0 Å². The third-order valence-electron chi connectivity index (χ3n) is 13.4. The average Bonchev–Trinajstić information content (AvgIpc) is 4.14. The first-order valence-electron chi connectivity index (χ1n) is 26.6. The van der Waals surface area contributed by atoms with Crippen molar-refractivity contribution in [3.8, 4) is 11.5 Å². The van der Waals surface area contributed by atoms with Gasteiger partial charge in [0.05, 0.1) is 11.7 Å². The summed E-state index contributed by atoms with van der Waals surface area (Å²) in [6.07, 6.45) is 1.17. The number of carbonyl (C=O) groups is 7. The quantitative estimate of drug-likeness (QED) is 0.0297. The van der Waals surface area contributed by atoms with E-state index in [1.54, 1.807) is 61.5 Å². The molecule has 4 aromatic carbocycles. The summed E-state index contributed by atoms with van der Waals surface area (Å²) in [5.41, 5.74) is 8.47. The molecule has 1 unspecified atom stereocenters. The van der Waals surface area contributed by atoms with Gasteiger partial charge in [-0.2, -0.15) is 0 Å². The summed E-state index contributed by atoms with van der Waals surface area (Å²) in [7, 11) is 7.07. The number of nitrogens with one attached hydrogen (secondary N) is 5. The second-order valence-electron chi connectivity index (χ2n) is 20.1. The summed E-state index contributed by atoms with van der Waals surface area (Å²) >= 11 is 0. The molecule has 0 radical (unpaired) electrons. The Labute approximate surface area is 455 Å². The van der Waals surface area contributed by atoms with E-state index in [1.165, 1.54) is 9.80 Å². The van der Waals surface area contributed by atoms with Crippen LogP contribution in [0.3, 0.4) is 0 Å². The highest BCUT2D eigenvalue weighted by molar-refractivity contribution is 6.10. The van der Waals surface area contributed by atoms with Gasteiger partial charge in [-0.1, -0.05) is 64.1 Å². The molecular weight excluding hydrogens is 1000 g/mol. The van der Waals surface area contributed by atoms with Crippen LogP contribution in [0.4, 0.5) is 25.8 Å². The van der Waals surface area contributed by atoms with E-state index in [0.717, 1.165) is 41.1 Å². The van der Waals surface area contributed by atoms with Crippen LogP contribution in [0.15, 0.2) is 83.3 Å². The smallest absolute Gasteiger partial charge is 0.415 e. The number of carbonyl (C=O) groups excluding carboxylic acids is 7. The molecule has 0 saturated heterocycles. The van der Waals surface area contributed by atoms with Crippen molar-refractivity contribution in [2.45, 2.75) is 84.4 Å². The third-order valence-corrected chi connectivity index (χ3v) is 13.4. The summed E-state index contributed by atoms with van der Waals surface area (Å²) in [6, 6.07) is 20.9. The van der Waals surface area contributed by atoms with Gasteiger partial charge in [-0.15, -0.1) is 0 Å². The Balaban J connectivity index is 1.02. The van der Waals surface area contributed by atoms with Crippen molar-refractivity contribution in [2.75, 3.05) is 90.8 Å². The second kappa shape index (κ2) is 28.5. The molecule has 1 aliphatic rings. The number of hydrogen-bond acceptors (Lipinski definition) is 13. The molecular formula is C57H76N10O11. The van der Waals surface area contributed by atoms with Gasteiger partial charge in [0.15, 0.2) is 5.76 Å². The van der Waals surface area contributed by atoms with Crippen molar-refractivity contribution in [3.05, 3.63) is 95.7 Å². The van der Waals surface area contributed by atoms with E-state index >= 15 is 0 Å². The molecule has 0 fully saturated rings. The van der Waals surface area contributed by atoms with Gasteiger partial charge in [-0.25, -0.2) is 14.4 Å². The molecule has 2 heterocycles. The van der Waals surface area contributed by atoms with E-state index in [0.29, 0.717) is 67.4 Å². The maximum atomic E-state index is 14.3. The second-order valence-corrected chi connectivity index (χ2v) is 20.1. The first kappa shape index (κ1) is 59.3. The lowest BCUT2D eigenvalue weighted by atomic mass is 9.93. The van der Waals surface area contributed by atoms with Crippen molar-refractivity contribution in [1.82, 2.24) is 36.0 Å². The van der Waals surface area contributed by atoms with Gasteiger partial charge in [0.1, 0.15) is 36.3 Å². The molecule has 5 aromatic rings. The molecule has 0 saturated carbocycles. The average molecular weight is 1080 g/mol. The predicted octanol–water partition coefficient (Wildman–Crippen LogP) is 6.78. The van der Waals surface area contributed by atoms with Crippen LogP contribution in [0, 0.1) is 5.92 Å². The van der Waals surface area contributed by atoms with Gasteiger partial charge in [-0.05, 0) is 98.6 Å². The Bertz CT molecular complexity index is 2890. The highest BCUT2D eigenvalue weighted by Gasteiger charge is 2.36. The minimum Gasteiger partial charge on any atom is -0.492 e. The Morgan fingerprint density at radius 1 is 0.808 bits per heavy atom. The van der Waals surface area contributed by atoms with Crippen molar-refractivity contribution in [2.24, 2.45) is 11.7 Å². The summed E-state index contributed by atoms with van der Waals surface area (Å²) in [6.45, 7) is 10.5. The number of benzene rings is 4. The number of nitrogens with zero attached hydrogens (tertiary/aromatic N) is 4. The van der Waals surface area contributed by atoms with Gasteiger partial charge in [-0.3, -0.25) is 19.2 Å². The first-order chi connectivity index (χ1) is 37.4. The van der Waals surface area contributed by atoms with Gasteiger partial charge >= 0.3 is 18.2 Å². The monoisotopic (exact) mass is 1080 g/mol. The molecule has 0 aliphatic carbocycles. The van der Waals surface area contributed by atoms with Gasteiger partial charge in [0.25, 0.3) is 5.91 Å². The Kier molecular flexibility index (Phi) is 21.7. The topological polar surface area (TPSA) is 259 Å². The summed E-state index contributed by atoms with van der Waals surface area (Å²) in [5, 5.41) is 16.5. The fraction of sp³-hybridized carbons (Fsp3) is 0.456. The number of ether oxygens (including phenoxy) is 3. The predicted molar refractivity (Wildman–Crippen MR) is 299 cm³/mol. The minimum atomic E-state index is -0.961. The van der Waals surface area contributed by atoms with Crippen molar-refractivity contribution in [1.29, 1.82) is 0 Å². The molecule has 0 spiro atoms. The van der Waals surface area contributed by atoms with Crippen LogP contribution in [0.1, 0.15) is 87.4 Å². The van der Waals surface area contributed by atoms with Gasteiger partial charge < -0.3 is 70.5 Å². The zero-order valence-electron chi connectivity index (χ0n) is 46.1. The number of hydrogen-bond donors (Lipinski definition) is 6. The lowest BCUT2D eigenvalue weighted by molar-refractivity contribution is -0.128. The lowest BCUT2D eigenvalue weighted by Gasteiger charge is -2.25. The maximum absolute atomic E-state index is 14.3. The van der Waals surface area contributed by atoms with Gasteiger partial charge in [0.2, 0.25) is 17.7 Å². The summed E-state index contributed by atoms with van der Waals surface area (Å²) in [4.78, 5) is 97.8. The molecule has 21 nitrogen and oxygen atoms in total. The highest BCUT2D eigenvalue weighted by atomic mass is 16.6. The SMILES string of the molecule is CCCC(=O)NCCN[C@H](C(=O)NC(CCCNC(N)=O)C(=O)Nc1ccc(COC(=O)N(C)CCN(C)C(=O)Oc2cc3c(c4ccccc24)[C@H](CC)CN3C(=O)c2cc3cc(OCCN(C)C)ccc3o2)cc1)C(C)C. The molecule has 78 heavy (non-hydrogen) atoms. The van der Waals surface area contributed by atoms with Crippen LogP contribution >= 0.6 is 0 Å². The fourth-order valence-corrected chi connectivity index (χ4v) is 8.97. The summed E-state index contributed by atoms with van der Waals surface area (Å²) in [5.74, 6) is -0.227. The van der Waals surface area contributed by atoms with Crippen LogP contribution in [-0.4, -0.2) is 149 Å². The molecule has 7 N–H and O–H groups in total. The normalized spacial score (nSPS) is 13.7. The standard InChI is InChI=1S/C57H76N10O11/c1-9-14-49(68)59-25-26-60-51(36(3)4)53(70)63-44(17-13-24-61-55(58)72)52(69)62-40-20-18-37(19-21-40)35-76-56(73)65(7)27-28-66(8)57(74)78-47-33-45-50(43-16-12-11-15-42(43)47)38(10-2)34-67(45)54(71)48-32-39-31-41(22-23-46(39)77-48)75-30-29-64(5)6/h11-12,15-16,18-23,31-33,36,38,44,51,60H,9-10,13-14,17,24-30,34-35H2,1-8H3,(H,59,68)(H,62,69)(H,63,70)(H3,58,61,72)/t38-,44?,51+/m1/s1. The van der Waals surface area contributed by atoms with E-state index in [4.69, 9.17) is 24.4 Å². The van der Waals surface area contributed by atoms with E-state index < -0.39 is 42.1 Å². The lowest BCUT2D eigenvalue weighted by Crippen LogP contribution is -2.54. The maximum Gasteiger partial charge on any atom is 0.415 e. The largest absolute Gasteiger partial charge is 0.492 e. The van der Waals surface area contributed by atoms with Crippen LogP contribution in [0.25, 0.3) is 21.7 Å². The zero-order chi connectivity index (χ0) is 56.5. The number of fused-ring (bicyclic) bond motifs is 4. The number of nitrogens with two attached hydrogens (primary N) is 1. The van der Waals surface area contributed by atoms with Crippen LogP contribution in [-0.2, 0) is 25.7 Å². The Hall–Kier alpha value is -7.91. The molecule has 21 heteroatoms. The number of urea groups is 1. The number of primary amides is 1. The molecule has 6 rings (SSSR count). The first-order valence-corrected chi connectivity index (χ1v) is 26.6. The third kappa shape index (κ3) is 16.3. The molecule has 3 atom stereocenters. The number of likely N-dealkylation sites (N-methyl/N-ethyl adjacent to an activating group) is 3. The van der Waals surface area contributed by atoms with Crippen molar-refractivity contribution in [3.63, 3.8) is 0 Å². The molecule has 420 valence electrons. The summed E-state index contributed by atoms with van der Waals surface area (Å²) < 4.78 is 23.6. The number of rotatable bonds is 27. The fourth-order valence-electron chi connectivity index (χ4n) is 8.97. The number of anilines is 2. The van der Waals surface area contributed by atoms with E-state index in [-0.39, 0.29) is 67.8 Å². The van der Waals surface area contributed by atoms with Gasteiger partial charge in [0, 0.05) is 94.8 Å². The number of furan rings is 1. The molecule has 1 aliphatic heterocycles. The highest BCUT2D eigenvalue weighted by Crippen LogP contribution is 2.47. The van der Waals surface area contributed by atoms with Crippen LogP contribution in [0.5, 0.6) is 11.5 Å².